The Morgan fingerprint density at radius 3 is 0.766 bits per heavy atom. The number of hydrogen-bond acceptors (Lipinski definition) is 2. The minimum absolute atomic E-state index is 1.13. The first kappa shape index (κ1) is 41.9. The summed E-state index contributed by atoms with van der Waals surface area (Å²) in [7, 11) is 0. The highest BCUT2D eigenvalue weighted by atomic mass is 15.2. The average molecular weight is 829 g/mol. The van der Waals surface area contributed by atoms with Gasteiger partial charge in [-0.15, -0.1) is 0 Å². The third kappa shape index (κ3) is 8.40. The summed E-state index contributed by atoms with van der Waals surface area (Å²) in [5.74, 6) is 0. The SMILES string of the molecule is Cc1cc(C)c(N(c2ccc(-c3ccccc3)cc2)c2ccc(-c3cc(C)c(-c4ccc(N(c5ccc(-c6ccccc6)cc5)c5c(C)cc(C)cc5C)cc4)cc3C)cc2)c(C)c1. The Labute approximate surface area is 380 Å². The van der Waals surface area contributed by atoms with Crippen LogP contribution in [0.5, 0.6) is 0 Å². The minimum Gasteiger partial charge on any atom is -0.310 e. The number of nitrogens with zero attached hydrogens (tertiary/aromatic N) is 2. The lowest BCUT2D eigenvalue weighted by Gasteiger charge is -2.29. The van der Waals surface area contributed by atoms with E-state index in [1.165, 1.54) is 100 Å². The van der Waals surface area contributed by atoms with Crippen molar-refractivity contribution in [2.45, 2.75) is 55.4 Å². The molecule has 0 amide bonds. The first-order valence-electron chi connectivity index (χ1n) is 22.4. The molecule has 0 heterocycles. The second-order valence-corrected chi connectivity index (χ2v) is 17.6. The molecule has 0 saturated heterocycles. The van der Waals surface area contributed by atoms with E-state index in [0.717, 1.165) is 22.7 Å². The number of rotatable bonds is 10. The standard InChI is InChI=1S/C62H56N2/c1-41-35-45(5)61(46(6)36-41)63(55-27-19-51(20-28-55)49-15-11-9-12-16-49)57-31-23-53(24-32-57)59-39-44(4)60(40-43(59)3)54-25-33-58(34-26-54)64(62-47(7)37-42(2)38-48(62)8)56-29-21-52(22-30-56)50-17-13-10-14-18-50/h9-40H,1-8H3. The van der Waals surface area contributed by atoms with Gasteiger partial charge in [-0.2, -0.15) is 0 Å². The van der Waals surface area contributed by atoms with E-state index in [-0.39, 0.29) is 0 Å². The molecule has 0 radical (unpaired) electrons. The van der Waals surface area contributed by atoms with Crippen LogP contribution in [0.25, 0.3) is 44.5 Å². The number of aryl methyl sites for hydroxylation is 8. The Kier molecular flexibility index (Phi) is 11.6. The van der Waals surface area contributed by atoms with Gasteiger partial charge in [0.25, 0.3) is 0 Å². The van der Waals surface area contributed by atoms with Gasteiger partial charge in [0, 0.05) is 22.7 Å². The molecule has 314 valence electrons. The third-order valence-electron chi connectivity index (χ3n) is 12.6. The highest BCUT2D eigenvalue weighted by Crippen LogP contribution is 2.43. The van der Waals surface area contributed by atoms with Gasteiger partial charge >= 0.3 is 0 Å². The zero-order valence-electron chi connectivity index (χ0n) is 38.4. The van der Waals surface area contributed by atoms with Crippen LogP contribution in [0.15, 0.2) is 194 Å². The van der Waals surface area contributed by atoms with Crippen LogP contribution >= 0.6 is 0 Å². The molecule has 0 N–H and O–H groups in total. The summed E-state index contributed by atoms with van der Waals surface area (Å²) < 4.78 is 0. The van der Waals surface area contributed by atoms with E-state index in [1.54, 1.807) is 0 Å². The molecule has 0 aliphatic carbocycles. The van der Waals surface area contributed by atoms with Crippen molar-refractivity contribution in [3.8, 4) is 44.5 Å². The van der Waals surface area contributed by atoms with E-state index in [0.29, 0.717) is 0 Å². The third-order valence-corrected chi connectivity index (χ3v) is 12.6. The van der Waals surface area contributed by atoms with Crippen LogP contribution in [0, 0.1) is 55.4 Å². The lowest BCUT2D eigenvalue weighted by molar-refractivity contribution is 1.20. The molecule has 64 heavy (non-hydrogen) atoms. The van der Waals surface area contributed by atoms with Crippen LogP contribution in [0.1, 0.15) is 44.5 Å². The summed E-state index contributed by atoms with van der Waals surface area (Å²) >= 11 is 0. The highest BCUT2D eigenvalue weighted by Gasteiger charge is 2.20. The van der Waals surface area contributed by atoms with Crippen LogP contribution in [0.2, 0.25) is 0 Å². The van der Waals surface area contributed by atoms with Gasteiger partial charge in [-0.25, -0.2) is 0 Å². The van der Waals surface area contributed by atoms with Gasteiger partial charge in [-0.3, -0.25) is 0 Å². The molecular formula is C62H56N2. The highest BCUT2D eigenvalue weighted by molar-refractivity contribution is 5.86. The molecule has 0 aliphatic heterocycles. The average Bonchev–Trinajstić information content (AvgIpc) is 3.30. The molecule has 0 spiro atoms. The van der Waals surface area contributed by atoms with Crippen LogP contribution < -0.4 is 9.80 Å². The van der Waals surface area contributed by atoms with Crippen LogP contribution in [0.3, 0.4) is 0 Å². The molecule has 0 bridgehead atoms. The Hall–Kier alpha value is -7.42. The van der Waals surface area contributed by atoms with Gasteiger partial charge in [0.2, 0.25) is 0 Å². The molecule has 9 aromatic carbocycles. The predicted molar refractivity (Wildman–Crippen MR) is 275 cm³/mol. The fourth-order valence-corrected chi connectivity index (χ4v) is 9.75. The Morgan fingerprint density at radius 1 is 0.234 bits per heavy atom. The quantitative estimate of drug-likeness (QED) is 0.135. The summed E-state index contributed by atoms with van der Waals surface area (Å²) in [6, 6.07) is 71.2. The van der Waals surface area contributed by atoms with Crippen LogP contribution in [0.4, 0.5) is 34.1 Å². The molecule has 0 unspecified atom stereocenters. The molecule has 2 heteroatoms. The second kappa shape index (κ2) is 17.8. The first-order chi connectivity index (χ1) is 31.0. The van der Waals surface area contributed by atoms with Crippen molar-refractivity contribution in [3.05, 3.63) is 239 Å². The first-order valence-corrected chi connectivity index (χ1v) is 22.4. The molecule has 9 aromatic rings. The monoisotopic (exact) mass is 828 g/mol. The summed E-state index contributed by atoms with van der Waals surface area (Å²) in [5.41, 5.74) is 26.9. The Morgan fingerprint density at radius 2 is 0.484 bits per heavy atom. The van der Waals surface area contributed by atoms with Gasteiger partial charge in [-0.05, 0) is 182 Å². The van der Waals surface area contributed by atoms with Crippen molar-refractivity contribution in [2.75, 3.05) is 9.80 Å². The fourth-order valence-electron chi connectivity index (χ4n) is 9.75. The van der Waals surface area contributed by atoms with Gasteiger partial charge in [0.1, 0.15) is 0 Å². The summed E-state index contributed by atoms with van der Waals surface area (Å²) in [5, 5.41) is 0. The van der Waals surface area contributed by atoms with Crippen molar-refractivity contribution >= 4 is 34.1 Å². The largest absolute Gasteiger partial charge is 0.310 e. The summed E-state index contributed by atoms with van der Waals surface area (Å²) in [4.78, 5) is 4.83. The second-order valence-electron chi connectivity index (χ2n) is 17.6. The molecule has 0 saturated carbocycles. The maximum atomic E-state index is 2.41. The van der Waals surface area contributed by atoms with Gasteiger partial charge < -0.3 is 9.80 Å². The lowest BCUT2D eigenvalue weighted by atomic mass is 9.91. The lowest BCUT2D eigenvalue weighted by Crippen LogP contribution is -2.13. The molecular weight excluding hydrogens is 773 g/mol. The zero-order valence-corrected chi connectivity index (χ0v) is 38.4. The molecule has 0 fully saturated rings. The Bertz CT molecular complexity index is 2810. The van der Waals surface area contributed by atoms with E-state index in [9.17, 15) is 0 Å². The molecule has 2 nitrogen and oxygen atoms in total. The predicted octanol–water partition coefficient (Wildman–Crippen LogP) is 17.8. The van der Waals surface area contributed by atoms with Crippen LogP contribution in [-0.2, 0) is 0 Å². The van der Waals surface area contributed by atoms with E-state index in [2.05, 4.69) is 259 Å². The normalized spacial score (nSPS) is 11.1. The van der Waals surface area contributed by atoms with E-state index >= 15 is 0 Å². The molecule has 9 rings (SSSR count). The Balaban J connectivity index is 1.03. The fraction of sp³-hybridized carbons (Fsp3) is 0.129. The van der Waals surface area contributed by atoms with E-state index in [1.807, 2.05) is 0 Å². The van der Waals surface area contributed by atoms with Crippen LogP contribution in [-0.4, -0.2) is 0 Å². The molecule has 0 aromatic heterocycles. The number of benzene rings is 9. The zero-order chi connectivity index (χ0) is 44.5. The van der Waals surface area contributed by atoms with E-state index in [4.69, 9.17) is 0 Å². The van der Waals surface area contributed by atoms with Gasteiger partial charge in [0.15, 0.2) is 0 Å². The number of anilines is 6. The minimum atomic E-state index is 1.13. The van der Waals surface area contributed by atoms with E-state index < -0.39 is 0 Å². The van der Waals surface area contributed by atoms with Crippen molar-refractivity contribution < 1.29 is 0 Å². The van der Waals surface area contributed by atoms with Crippen molar-refractivity contribution in [1.82, 2.24) is 0 Å². The summed E-state index contributed by atoms with van der Waals surface area (Å²) in [6.07, 6.45) is 0. The van der Waals surface area contributed by atoms with Gasteiger partial charge in [-0.1, -0.05) is 157 Å². The topological polar surface area (TPSA) is 6.48 Å². The van der Waals surface area contributed by atoms with Crippen molar-refractivity contribution in [2.24, 2.45) is 0 Å². The maximum absolute atomic E-state index is 2.41. The van der Waals surface area contributed by atoms with Crippen molar-refractivity contribution in [3.63, 3.8) is 0 Å². The number of hydrogen-bond donors (Lipinski definition) is 0. The smallest absolute Gasteiger partial charge is 0.0520 e. The summed E-state index contributed by atoms with van der Waals surface area (Å²) in [6.45, 7) is 17.7. The molecule has 0 aliphatic rings. The van der Waals surface area contributed by atoms with Crippen molar-refractivity contribution in [1.29, 1.82) is 0 Å². The maximum Gasteiger partial charge on any atom is 0.0520 e. The van der Waals surface area contributed by atoms with Gasteiger partial charge in [0.05, 0.1) is 11.4 Å². The molecule has 0 atom stereocenters.